The lowest BCUT2D eigenvalue weighted by Gasteiger charge is -1.96. The number of hydrogen-bond donors (Lipinski definition) is 0. The Kier molecular flexibility index (Phi) is 5.26. The molecule has 0 radical (unpaired) electrons. The van der Waals surface area contributed by atoms with Gasteiger partial charge in [-0.2, -0.15) is 16.8 Å². The Morgan fingerprint density at radius 3 is 2.00 bits per heavy atom. The van der Waals surface area contributed by atoms with Crippen LogP contribution < -0.4 is 0 Å². The van der Waals surface area contributed by atoms with Crippen LogP contribution in [0.25, 0.3) is 0 Å². The Morgan fingerprint density at radius 2 is 1.53 bits per heavy atom. The molecule has 0 amide bonds. The van der Waals surface area contributed by atoms with E-state index in [4.69, 9.17) is 0 Å². The van der Waals surface area contributed by atoms with E-state index in [0.717, 1.165) is 12.3 Å². The lowest BCUT2D eigenvalue weighted by atomic mass is 10.7. The number of hydrogen-bond acceptors (Lipinski definition) is 6. The van der Waals surface area contributed by atoms with Crippen LogP contribution in [-0.4, -0.2) is 23.4 Å². The van der Waals surface area contributed by atoms with Gasteiger partial charge in [-0.1, -0.05) is 13.2 Å². The summed E-state index contributed by atoms with van der Waals surface area (Å²) in [5.74, 6) is 0. The van der Waals surface area contributed by atoms with Crippen molar-refractivity contribution in [2.75, 3.05) is 6.61 Å². The zero-order valence-corrected chi connectivity index (χ0v) is 9.33. The third-order valence-corrected chi connectivity index (χ3v) is 2.68. The summed E-state index contributed by atoms with van der Waals surface area (Å²) in [4.78, 5) is 0. The second kappa shape index (κ2) is 5.69. The van der Waals surface area contributed by atoms with Crippen molar-refractivity contribution in [3.8, 4) is 0 Å². The van der Waals surface area contributed by atoms with Gasteiger partial charge in [0, 0.05) is 0 Å². The second-order valence-electron chi connectivity index (χ2n) is 2.07. The Labute approximate surface area is 88.8 Å². The predicted molar refractivity (Wildman–Crippen MR) is 54.4 cm³/mol. The summed E-state index contributed by atoms with van der Waals surface area (Å²) in [7, 11) is -7.54. The van der Waals surface area contributed by atoms with Gasteiger partial charge in [-0.05, 0) is 6.08 Å². The minimum atomic E-state index is -3.79. The van der Waals surface area contributed by atoms with E-state index in [-0.39, 0.29) is 6.61 Å². The van der Waals surface area contributed by atoms with Gasteiger partial charge in [-0.15, -0.1) is 0 Å². The van der Waals surface area contributed by atoms with Crippen molar-refractivity contribution >= 4 is 20.2 Å². The smallest absolute Gasteiger partial charge is 0.331 e. The largest absolute Gasteiger partial charge is 0.388 e. The predicted octanol–water partition coefficient (Wildman–Crippen LogP) is 0.480. The van der Waals surface area contributed by atoms with Gasteiger partial charge in [0.2, 0.25) is 0 Å². The van der Waals surface area contributed by atoms with Gasteiger partial charge < -0.3 is 4.18 Å². The molecule has 0 aromatic carbocycles. The minimum Gasteiger partial charge on any atom is -0.388 e. The maximum Gasteiger partial charge on any atom is 0.331 e. The molecule has 0 aromatic rings. The second-order valence-corrected chi connectivity index (χ2v) is 5.14. The molecule has 0 unspecified atom stereocenters. The standard InChI is InChI=1S/C7H10O6S2/c1-3-14(8,9)12-6-5-7-13-15(10,11)4-2/h3-6H,1-2,7H2. The van der Waals surface area contributed by atoms with E-state index in [1.54, 1.807) is 0 Å². The zero-order chi connectivity index (χ0) is 11.9. The highest BCUT2D eigenvalue weighted by atomic mass is 32.2. The molecule has 0 bridgehead atoms. The normalized spacial score (nSPS) is 12.5. The van der Waals surface area contributed by atoms with Gasteiger partial charge in [-0.3, -0.25) is 4.18 Å². The first-order valence-electron chi connectivity index (χ1n) is 3.55. The van der Waals surface area contributed by atoms with Crippen LogP contribution in [0.2, 0.25) is 0 Å². The molecule has 15 heavy (non-hydrogen) atoms. The molecule has 0 aromatic heterocycles. The molecule has 0 aliphatic carbocycles. The highest BCUT2D eigenvalue weighted by molar-refractivity contribution is 7.89. The van der Waals surface area contributed by atoms with Crippen LogP contribution in [0.15, 0.2) is 36.3 Å². The Bertz CT molecular complexity index is 442. The Morgan fingerprint density at radius 1 is 1.00 bits per heavy atom. The first-order chi connectivity index (χ1) is 6.83. The summed E-state index contributed by atoms with van der Waals surface area (Å²) in [6.45, 7) is 5.66. The monoisotopic (exact) mass is 254 g/mol. The fourth-order valence-corrected chi connectivity index (χ4v) is 1.05. The molecular weight excluding hydrogens is 244 g/mol. The third-order valence-electron chi connectivity index (χ3n) is 1.02. The van der Waals surface area contributed by atoms with E-state index in [0.29, 0.717) is 10.8 Å². The summed E-state index contributed by atoms with van der Waals surface area (Å²) >= 11 is 0. The molecule has 0 atom stereocenters. The van der Waals surface area contributed by atoms with Crippen molar-refractivity contribution in [2.24, 2.45) is 0 Å². The van der Waals surface area contributed by atoms with Crippen LogP contribution in [0, 0.1) is 0 Å². The van der Waals surface area contributed by atoms with Crippen molar-refractivity contribution in [3.63, 3.8) is 0 Å². The summed E-state index contributed by atoms with van der Waals surface area (Å²) in [6.07, 6.45) is 1.86. The fourth-order valence-electron chi connectivity index (χ4n) is 0.378. The molecule has 8 heteroatoms. The van der Waals surface area contributed by atoms with Crippen LogP contribution in [0.4, 0.5) is 0 Å². The summed E-state index contributed by atoms with van der Waals surface area (Å²) in [5, 5.41) is 1.24. The van der Waals surface area contributed by atoms with Gasteiger partial charge in [0.1, 0.15) is 6.26 Å². The summed E-state index contributed by atoms with van der Waals surface area (Å²) in [6, 6.07) is 0. The van der Waals surface area contributed by atoms with E-state index in [1.807, 2.05) is 0 Å². The molecule has 0 aliphatic heterocycles. The molecule has 0 heterocycles. The topological polar surface area (TPSA) is 86.7 Å². The van der Waals surface area contributed by atoms with Gasteiger partial charge in [-0.25, -0.2) is 0 Å². The lowest BCUT2D eigenvalue weighted by Crippen LogP contribution is -2.01. The van der Waals surface area contributed by atoms with E-state index in [1.165, 1.54) is 0 Å². The van der Waals surface area contributed by atoms with Crippen LogP contribution in [-0.2, 0) is 28.6 Å². The van der Waals surface area contributed by atoms with E-state index >= 15 is 0 Å². The van der Waals surface area contributed by atoms with Crippen molar-refractivity contribution in [1.82, 2.24) is 0 Å². The molecule has 0 N–H and O–H groups in total. The van der Waals surface area contributed by atoms with E-state index in [2.05, 4.69) is 21.5 Å². The third kappa shape index (κ3) is 6.89. The van der Waals surface area contributed by atoms with Crippen LogP contribution in [0.3, 0.4) is 0 Å². The van der Waals surface area contributed by atoms with Crippen LogP contribution >= 0.6 is 0 Å². The molecule has 0 aliphatic rings. The number of rotatable bonds is 7. The van der Waals surface area contributed by atoms with Gasteiger partial charge in [0.05, 0.1) is 17.4 Å². The maximum absolute atomic E-state index is 10.7. The first-order valence-corrected chi connectivity index (χ1v) is 6.50. The average molecular weight is 254 g/mol. The van der Waals surface area contributed by atoms with Gasteiger partial charge >= 0.3 is 10.1 Å². The highest BCUT2D eigenvalue weighted by Gasteiger charge is 2.02. The van der Waals surface area contributed by atoms with Gasteiger partial charge in [0.25, 0.3) is 10.1 Å². The van der Waals surface area contributed by atoms with E-state index < -0.39 is 20.2 Å². The van der Waals surface area contributed by atoms with Crippen molar-refractivity contribution < 1.29 is 25.2 Å². The maximum atomic E-state index is 10.7. The average Bonchev–Trinajstić information content (AvgIpc) is 2.17. The van der Waals surface area contributed by atoms with Crippen molar-refractivity contribution in [3.05, 3.63) is 36.3 Å². The van der Waals surface area contributed by atoms with Crippen molar-refractivity contribution in [1.29, 1.82) is 0 Å². The van der Waals surface area contributed by atoms with Crippen LogP contribution in [0.1, 0.15) is 0 Å². The molecule has 0 spiro atoms. The van der Waals surface area contributed by atoms with Gasteiger partial charge in [0.15, 0.2) is 0 Å². The Balaban J connectivity index is 4.05. The molecule has 0 rings (SSSR count). The molecule has 0 saturated carbocycles. The molecule has 6 nitrogen and oxygen atoms in total. The van der Waals surface area contributed by atoms with Crippen molar-refractivity contribution in [2.45, 2.75) is 0 Å². The molecule has 0 fully saturated rings. The summed E-state index contributed by atoms with van der Waals surface area (Å²) in [5.41, 5.74) is 0. The first kappa shape index (κ1) is 13.9. The SMILES string of the molecule is C=CS(=O)(=O)OC=CCOS(=O)(=O)C=C. The Hall–Kier alpha value is -1.12. The quantitative estimate of drug-likeness (QED) is 0.485. The van der Waals surface area contributed by atoms with E-state index in [9.17, 15) is 16.8 Å². The lowest BCUT2D eigenvalue weighted by molar-refractivity contribution is 0.360. The molecular formula is C7H10O6S2. The minimum absolute atomic E-state index is 0.346. The molecule has 86 valence electrons. The summed E-state index contributed by atoms with van der Waals surface area (Å²) < 4.78 is 51.1. The van der Waals surface area contributed by atoms with Crippen LogP contribution in [0.5, 0.6) is 0 Å². The highest BCUT2D eigenvalue weighted by Crippen LogP contribution is 1.96. The fraction of sp³-hybridized carbons (Fsp3) is 0.143. The zero-order valence-electron chi connectivity index (χ0n) is 7.70. The molecule has 0 saturated heterocycles.